The highest BCUT2D eigenvalue weighted by molar-refractivity contribution is 7.99. The van der Waals surface area contributed by atoms with E-state index in [1.54, 1.807) is 0 Å². The Bertz CT molecular complexity index is 395. The van der Waals surface area contributed by atoms with Gasteiger partial charge in [0.1, 0.15) is 0 Å². The summed E-state index contributed by atoms with van der Waals surface area (Å²) in [5.74, 6) is 1.25. The number of benzene rings is 1. The quantitative estimate of drug-likeness (QED) is 0.808. The molecule has 2 rings (SSSR count). The SMILES string of the molecule is N#CCCCNc1ccc2c(c1)CCCS2. The molecule has 0 fully saturated rings. The molecular weight excluding hydrogens is 216 g/mol. The van der Waals surface area contributed by atoms with E-state index in [4.69, 9.17) is 5.26 Å². The predicted octanol–water partition coefficient (Wildman–Crippen LogP) is 3.44. The molecule has 16 heavy (non-hydrogen) atoms. The van der Waals surface area contributed by atoms with Crippen molar-refractivity contribution in [3.05, 3.63) is 23.8 Å². The second-order valence-electron chi connectivity index (χ2n) is 3.96. The number of fused-ring (bicyclic) bond motifs is 1. The van der Waals surface area contributed by atoms with Crippen LogP contribution in [-0.2, 0) is 6.42 Å². The van der Waals surface area contributed by atoms with Crippen LogP contribution >= 0.6 is 11.8 Å². The van der Waals surface area contributed by atoms with Gasteiger partial charge >= 0.3 is 0 Å². The van der Waals surface area contributed by atoms with Crippen molar-refractivity contribution in [1.29, 1.82) is 5.26 Å². The molecule has 0 atom stereocenters. The van der Waals surface area contributed by atoms with Crippen LogP contribution in [0.1, 0.15) is 24.8 Å². The number of thioether (sulfide) groups is 1. The number of hydrogen-bond donors (Lipinski definition) is 1. The molecule has 0 aromatic heterocycles. The summed E-state index contributed by atoms with van der Waals surface area (Å²) in [4.78, 5) is 1.44. The maximum absolute atomic E-state index is 8.44. The van der Waals surface area contributed by atoms with Gasteiger partial charge in [0.25, 0.3) is 0 Å². The lowest BCUT2D eigenvalue weighted by Gasteiger charge is -2.16. The number of aryl methyl sites for hydroxylation is 1. The summed E-state index contributed by atoms with van der Waals surface area (Å²) >= 11 is 1.96. The molecule has 84 valence electrons. The van der Waals surface area contributed by atoms with Crippen LogP contribution in [0, 0.1) is 11.3 Å². The summed E-state index contributed by atoms with van der Waals surface area (Å²) in [5.41, 5.74) is 2.67. The highest BCUT2D eigenvalue weighted by Crippen LogP contribution is 2.31. The molecule has 1 aliphatic heterocycles. The monoisotopic (exact) mass is 232 g/mol. The smallest absolute Gasteiger partial charge is 0.0622 e. The van der Waals surface area contributed by atoms with Crippen molar-refractivity contribution in [2.75, 3.05) is 17.6 Å². The third kappa shape index (κ3) is 2.93. The fraction of sp³-hybridized carbons (Fsp3) is 0.462. The Hall–Kier alpha value is -1.14. The summed E-state index contributed by atoms with van der Waals surface area (Å²) in [7, 11) is 0. The van der Waals surface area contributed by atoms with Gasteiger partial charge in [0.15, 0.2) is 0 Å². The normalized spacial score (nSPS) is 13.9. The molecule has 0 unspecified atom stereocenters. The van der Waals surface area contributed by atoms with Crippen molar-refractivity contribution in [1.82, 2.24) is 0 Å². The van der Waals surface area contributed by atoms with Gasteiger partial charge in [-0.15, -0.1) is 11.8 Å². The Kier molecular flexibility index (Phi) is 4.12. The van der Waals surface area contributed by atoms with Gasteiger partial charge in [0.05, 0.1) is 6.07 Å². The minimum atomic E-state index is 0.633. The van der Waals surface area contributed by atoms with E-state index in [-0.39, 0.29) is 0 Å². The first-order chi connectivity index (χ1) is 7.90. The van der Waals surface area contributed by atoms with E-state index in [0.717, 1.165) is 13.0 Å². The topological polar surface area (TPSA) is 35.8 Å². The van der Waals surface area contributed by atoms with Gasteiger partial charge in [-0.2, -0.15) is 5.26 Å². The van der Waals surface area contributed by atoms with E-state index >= 15 is 0 Å². The first kappa shape index (κ1) is 11.3. The zero-order valence-electron chi connectivity index (χ0n) is 9.33. The van der Waals surface area contributed by atoms with E-state index in [2.05, 4.69) is 29.6 Å². The Labute approximate surface area is 101 Å². The number of unbranched alkanes of at least 4 members (excludes halogenated alkanes) is 1. The average Bonchev–Trinajstić information content (AvgIpc) is 2.34. The Morgan fingerprint density at radius 3 is 3.25 bits per heavy atom. The molecular formula is C13H16N2S. The molecule has 0 radical (unpaired) electrons. The second-order valence-corrected chi connectivity index (χ2v) is 5.10. The molecule has 2 nitrogen and oxygen atoms in total. The van der Waals surface area contributed by atoms with E-state index < -0.39 is 0 Å². The molecule has 3 heteroatoms. The third-order valence-corrected chi connectivity index (χ3v) is 3.91. The molecule has 1 aromatic carbocycles. The zero-order chi connectivity index (χ0) is 11.2. The maximum Gasteiger partial charge on any atom is 0.0622 e. The van der Waals surface area contributed by atoms with Crippen LogP contribution in [0.5, 0.6) is 0 Å². The van der Waals surface area contributed by atoms with Gasteiger partial charge in [-0.1, -0.05) is 0 Å². The van der Waals surface area contributed by atoms with Crippen molar-refractivity contribution in [2.45, 2.75) is 30.6 Å². The van der Waals surface area contributed by atoms with E-state index in [0.29, 0.717) is 6.42 Å². The molecule has 0 bridgehead atoms. The molecule has 0 aliphatic carbocycles. The van der Waals surface area contributed by atoms with Crippen molar-refractivity contribution in [3.8, 4) is 6.07 Å². The van der Waals surface area contributed by atoms with Crippen molar-refractivity contribution < 1.29 is 0 Å². The number of nitrogens with zero attached hydrogens (tertiary/aromatic N) is 1. The summed E-state index contributed by atoms with van der Waals surface area (Å²) in [6, 6.07) is 8.77. The summed E-state index contributed by atoms with van der Waals surface area (Å²) in [5, 5.41) is 11.8. The lowest BCUT2D eigenvalue weighted by Crippen LogP contribution is -2.03. The minimum Gasteiger partial charge on any atom is -0.385 e. The van der Waals surface area contributed by atoms with Gasteiger partial charge in [-0.3, -0.25) is 0 Å². The number of nitrogens with one attached hydrogen (secondary N) is 1. The fourth-order valence-corrected chi connectivity index (χ4v) is 2.89. The summed E-state index contributed by atoms with van der Waals surface area (Å²) < 4.78 is 0. The van der Waals surface area contributed by atoms with Crippen molar-refractivity contribution in [2.24, 2.45) is 0 Å². The first-order valence-corrected chi connectivity index (χ1v) is 6.75. The van der Waals surface area contributed by atoms with Crippen LogP contribution in [0.2, 0.25) is 0 Å². The average molecular weight is 232 g/mol. The van der Waals surface area contributed by atoms with E-state index in [9.17, 15) is 0 Å². The van der Waals surface area contributed by atoms with E-state index in [1.165, 1.54) is 34.7 Å². The molecule has 0 saturated heterocycles. The van der Waals surface area contributed by atoms with Crippen LogP contribution in [0.25, 0.3) is 0 Å². The van der Waals surface area contributed by atoms with E-state index in [1.807, 2.05) is 11.8 Å². The molecule has 1 heterocycles. The van der Waals surface area contributed by atoms with Gasteiger partial charge in [-0.05, 0) is 48.8 Å². The minimum absolute atomic E-state index is 0.633. The summed E-state index contributed by atoms with van der Waals surface area (Å²) in [6.45, 7) is 0.888. The van der Waals surface area contributed by atoms with Crippen LogP contribution in [0.15, 0.2) is 23.1 Å². The Morgan fingerprint density at radius 1 is 1.44 bits per heavy atom. The molecule has 0 saturated carbocycles. The molecule has 0 spiro atoms. The number of rotatable bonds is 4. The highest BCUT2D eigenvalue weighted by atomic mass is 32.2. The molecule has 1 N–H and O–H groups in total. The third-order valence-electron chi connectivity index (χ3n) is 2.70. The molecule has 0 amide bonds. The van der Waals surface area contributed by atoms with Crippen molar-refractivity contribution >= 4 is 17.4 Å². The molecule has 1 aliphatic rings. The highest BCUT2D eigenvalue weighted by Gasteiger charge is 2.09. The van der Waals surface area contributed by atoms with Gasteiger partial charge < -0.3 is 5.32 Å². The standard InChI is InChI=1S/C13H16N2S/c14-7-1-2-8-15-12-5-6-13-11(10-12)4-3-9-16-13/h5-6,10,15H,1-4,8-9H2. The number of anilines is 1. The largest absolute Gasteiger partial charge is 0.385 e. The van der Waals surface area contributed by atoms with Gasteiger partial charge in [-0.25, -0.2) is 0 Å². The predicted molar refractivity (Wildman–Crippen MR) is 68.8 cm³/mol. The lowest BCUT2D eigenvalue weighted by atomic mass is 10.1. The second kappa shape index (κ2) is 5.81. The van der Waals surface area contributed by atoms with Crippen LogP contribution < -0.4 is 5.32 Å². The number of hydrogen-bond acceptors (Lipinski definition) is 3. The van der Waals surface area contributed by atoms with Crippen LogP contribution in [0.3, 0.4) is 0 Å². The van der Waals surface area contributed by atoms with Gasteiger partial charge in [0, 0.05) is 23.5 Å². The van der Waals surface area contributed by atoms with Crippen molar-refractivity contribution in [3.63, 3.8) is 0 Å². The first-order valence-electron chi connectivity index (χ1n) is 5.77. The van der Waals surface area contributed by atoms with Gasteiger partial charge in [0.2, 0.25) is 0 Å². The Morgan fingerprint density at radius 2 is 2.38 bits per heavy atom. The lowest BCUT2D eigenvalue weighted by molar-refractivity contribution is 0.881. The number of nitriles is 1. The van der Waals surface area contributed by atoms with Crippen LogP contribution in [-0.4, -0.2) is 12.3 Å². The van der Waals surface area contributed by atoms with Crippen LogP contribution in [0.4, 0.5) is 5.69 Å². The Balaban J connectivity index is 1.93. The fourth-order valence-electron chi connectivity index (χ4n) is 1.87. The zero-order valence-corrected chi connectivity index (χ0v) is 10.1. The maximum atomic E-state index is 8.44. The molecule has 1 aromatic rings. The summed E-state index contributed by atoms with van der Waals surface area (Å²) in [6.07, 6.45) is 4.04.